The lowest BCUT2D eigenvalue weighted by molar-refractivity contribution is -0.143. The van der Waals surface area contributed by atoms with Gasteiger partial charge in [-0.25, -0.2) is 9.78 Å². The molecule has 1 aliphatic heterocycles. The Morgan fingerprint density at radius 2 is 2.14 bits per heavy atom. The molecule has 0 radical (unpaired) electrons. The Balaban J connectivity index is 2.03. The molecule has 116 valence electrons. The third kappa shape index (κ3) is 3.41. The standard InChI is InChI=1S/C14H21N3O4/c1-7-8(2)21-9(3)12(7)13(18)17-11(14(19)20)4-10-5-15-6-16-10/h5-9,11-12H,4H2,1-3H3,(H,15,16)(H,17,18)(H,19,20). The number of carboxylic acid groups (broad SMARTS) is 1. The number of aromatic nitrogens is 2. The molecule has 1 saturated heterocycles. The van der Waals surface area contributed by atoms with Crippen LogP contribution in [-0.2, 0) is 20.7 Å². The zero-order valence-corrected chi connectivity index (χ0v) is 12.4. The fourth-order valence-corrected chi connectivity index (χ4v) is 2.80. The van der Waals surface area contributed by atoms with E-state index in [0.717, 1.165) is 0 Å². The number of rotatable bonds is 5. The minimum absolute atomic E-state index is 0.00775. The van der Waals surface area contributed by atoms with Gasteiger partial charge < -0.3 is 20.1 Å². The van der Waals surface area contributed by atoms with E-state index in [1.807, 2.05) is 20.8 Å². The van der Waals surface area contributed by atoms with E-state index in [4.69, 9.17) is 4.74 Å². The van der Waals surface area contributed by atoms with Crippen molar-refractivity contribution in [3.63, 3.8) is 0 Å². The largest absolute Gasteiger partial charge is 0.480 e. The van der Waals surface area contributed by atoms with Crippen molar-refractivity contribution in [3.8, 4) is 0 Å². The third-order valence-electron chi connectivity index (χ3n) is 4.14. The molecule has 1 aromatic heterocycles. The van der Waals surface area contributed by atoms with Crippen LogP contribution in [0.25, 0.3) is 0 Å². The predicted octanol–water partition coefficient (Wildman–Crippen LogP) is 0.581. The highest BCUT2D eigenvalue weighted by Gasteiger charge is 2.42. The van der Waals surface area contributed by atoms with E-state index in [-0.39, 0.29) is 36.4 Å². The first-order valence-electron chi connectivity index (χ1n) is 7.06. The van der Waals surface area contributed by atoms with Crippen molar-refractivity contribution in [2.24, 2.45) is 11.8 Å². The maximum atomic E-state index is 12.4. The summed E-state index contributed by atoms with van der Waals surface area (Å²) in [6, 6.07) is -0.978. The first-order chi connectivity index (χ1) is 9.90. The number of H-pyrrole nitrogens is 1. The van der Waals surface area contributed by atoms with Crippen LogP contribution in [0.4, 0.5) is 0 Å². The zero-order chi connectivity index (χ0) is 15.6. The number of carboxylic acids is 1. The molecule has 1 amide bonds. The Kier molecular flexibility index (Phi) is 4.62. The molecule has 3 N–H and O–H groups in total. The first kappa shape index (κ1) is 15.5. The Morgan fingerprint density at radius 1 is 1.43 bits per heavy atom. The van der Waals surface area contributed by atoms with Gasteiger partial charge in [0.15, 0.2) is 0 Å². The van der Waals surface area contributed by atoms with Gasteiger partial charge in [0.25, 0.3) is 0 Å². The van der Waals surface area contributed by atoms with Crippen LogP contribution >= 0.6 is 0 Å². The highest BCUT2D eigenvalue weighted by molar-refractivity contribution is 5.85. The van der Waals surface area contributed by atoms with E-state index in [1.165, 1.54) is 6.33 Å². The molecular weight excluding hydrogens is 274 g/mol. The van der Waals surface area contributed by atoms with E-state index >= 15 is 0 Å². The number of aliphatic carboxylic acids is 1. The van der Waals surface area contributed by atoms with E-state index < -0.39 is 12.0 Å². The molecule has 2 heterocycles. The van der Waals surface area contributed by atoms with Crippen molar-refractivity contribution < 1.29 is 19.4 Å². The second kappa shape index (κ2) is 6.26. The number of amides is 1. The normalized spacial score (nSPS) is 30.0. The minimum Gasteiger partial charge on any atom is -0.480 e. The zero-order valence-electron chi connectivity index (χ0n) is 12.4. The lowest BCUT2D eigenvalue weighted by atomic mass is 9.88. The molecule has 7 nitrogen and oxygen atoms in total. The molecule has 21 heavy (non-hydrogen) atoms. The Hall–Kier alpha value is -1.89. The van der Waals surface area contributed by atoms with E-state index in [0.29, 0.717) is 5.69 Å². The highest BCUT2D eigenvalue weighted by Crippen LogP contribution is 2.32. The van der Waals surface area contributed by atoms with Crippen LogP contribution in [0.1, 0.15) is 26.5 Å². The third-order valence-corrected chi connectivity index (χ3v) is 4.14. The molecule has 0 spiro atoms. The Morgan fingerprint density at radius 3 is 2.62 bits per heavy atom. The maximum absolute atomic E-state index is 12.4. The summed E-state index contributed by atoms with van der Waals surface area (Å²) in [6.07, 6.45) is 2.98. The molecule has 0 bridgehead atoms. The van der Waals surface area contributed by atoms with Crippen molar-refractivity contribution in [2.75, 3.05) is 0 Å². The summed E-state index contributed by atoms with van der Waals surface area (Å²) in [5.41, 5.74) is 0.667. The van der Waals surface area contributed by atoms with Gasteiger partial charge in [-0.05, 0) is 19.8 Å². The molecule has 0 saturated carbocycles. The van der Waals surface area contributed by atoms with Crippen molar-refractivity contribution in [1.82, 2.24) is 15.3 Å². The number of imidazole rings is 1. The van der Waals surface area contributed by atoms with Crippen LogP contribution in [0.5, 0.6) is 0 Å². The smallest absolute Gasteiger partial charge is 0.326 e. The quantitative estimate of drug-likeness (QED) is 0.737. The second-order valence-corrected chi connectivity index (χ2v) is 5.61. The summed E-state index contributed by atoms with van der Waals surface area (Å²) >= 11 is 0. The molecule has 7 heteroatoms. The SMILES string of the molecule is CC1OC(C)C(C(=O)NC(Cc2cnc[nH]2)C(=O)O)C1C. The fourth-order valence-electron chi connectivity index (χ4n) is 2.80. The maximum Gasteiger partial charge on any atom is 0.326 e. The predicted molar refractivity (Wildman–Crippen MR) is 74.5 cm³/mol. The topological polar surface area (TPSA) is 104 Å². The number of carbonyl (C=O) groups is 2. The van der Waals surface area contributed by atoms with Crippen molar-refractivity contribution in [2.45, 2.75) is 45.4 Å². The number of nitrogens with zero attached hydrogens (tertiary/aromatic N) is 1. The minimum atomic E-state index is -1.06. The van der Waals surface area contributed by atoms with Crippen molar-refractivity contribution in [1.29, 1.82) is 0 Å². The van der Waals surface area contributed by atoms with Crippen LogP contribution in [0, 0.1) is 11.8 Å². The van der Waals surface area contributed by atoms with Gasteiger partial charge in [-0.3, -0.25) is 4.79 Å². The number of aromatic amines is 1. The second-order valence-electron chi connectivity index (χ2n) is 5.61. The van der Waals surface area contributed by atoms with Crippen molar-refractivity contribution in [3.05, 3.63) is 18.2 Å². The van der Waals surface area contributed by atoms with Gasteiger partial charge in [-0.2, -0.15) is 0 Å². The van der Waals surface area contributed by atoms with Crippen LogP contribution in [-0.4, -0.2) is 45.2 Å². The number of carbonyl (C=O) groups excluding carboxylic acids is 1. The Bertz CT molecular complexity index is 502. The molecule has 1 aliphatic rings. The molecular formula is C14H21N3O4. The fraction of sp³-hybridized carbons (Fsp3) is 0.643. The number of nitrogens with one attached hydrogen (secondary N) is 2. The average Bonchev–Trinajstić information content (AvgIpc) is 2.98. The van der Waals surface area contributed by atoms with Crippen LogP contribution < -0.4 is 5.32 Å². The van der Waals surface area contributed by atoms with Gasteiger partial charge in [0, 0.05) is 18.3 Å². The lowest BCUT2D eigenvalue weighted by Crippen LogP contribution is -2.47. The summed E-state index contributed by atoms with van der Waals surface area (Å²) in [7, 11) is 0. The number of hydrogen-bond acceptors (Lipinski definition) is 4. The number of ether oxygens (including phenoxy) is 1. The van der Waals surface area contributed by atoms with Gasteiger partial charge in [-0.15, -0.1) is 0 Å². The first-order valence-corrected chi connectivity index (χ1v) is 7.06. The van der Waals surface area contributed by atoms with Crippen molar-refractivity contribution >= 4 is 11.9 Å². The van der Waals surface area contributed by atoms with Gasteiger partial charge in [-0.1, -0.05) is 6.92 Å². The monoisotopic (exact) mass is 295 g/mol. The molecule has 1 fully saturated rings. The van der Waals surface area contributed by atoms with Crippen LogP contribution in [0.3, 0.4) is 0 Å². The Labute approximate surface area is 123 Å². The summed E-state index contributed by atoms with van der Waals surface area (Å²) in [4.78, 5) is 30.4. The van der Waals surface area contributed by atoms with Gasteiger partial charge in [0.2, 0.25) is 5.91 Å². The van der Waals surface area contributed by atoms with E-state index in [2.05, 4.69) is 15.3 Å². The van der Waals surface area contributed by atoms with E-state index in [9.17, 15) is 14.7 Å². The number of hydrogen-bond donors (Lipinski definition) is 3. The summed E-state index contributed by atoms with van der Waals surface area (Å²) in [5.74, 6) is -1.61. The summed E-state index contributed by atoms with van der Waals surface area (Å²) < 4.78 is 5.63. The molecule has 0 aliphatic carbocycles. The average molecular weight is 295 g/mol. The van der Waals surface area contributed by atoms with Gasteiger partial charge in [0.05, 0.1) is 24.5 Å². The molecule has 1 aromatic rings. The van der Waals surface area contributed by atoms with Crippen LogP contribution in [0.2, 0.25) is 0 Å². The van der Waals surface area contributed by atoms with Gasteiger partial charge in [0.1, 0.15) is 6.04 Å². The summed E-state index contributed by atoms with van der Waals surface area (Å²) in [5, 5.41) is 11.9. The van der Waals surface area contributed by atoms with E-state index in [1.54, 1.807) is 6.20 Å². The van der Waals surface area contributed by atoms with Crippen LogP contribution in [0.15, 0.2) is 12.5 Å². The summed E-state index contributed by atoms with van der Waals surface area (Å²) in [6.45, 7) is 5.71. The molecule has 2 rings (SSSR count). The lowest BCUT2D eigenvalue weighted by Gasteiger charge is -2.21. The molecule has 0 aromatic carbocycles. The highest BCUT2D eigenvalue weighted by atomic mass is 16.5. The molecule has 5 atom stereocenters. The molecule has 5 unspecified atom stereocenters. The van der Waals surface area contributed by atoms with Gasteiger partial charge >= 0.3 is 5.97 Å².